The van der Waals surface area contributed by atoms with Gasteiger partial charge in [-0.2, -0.15) is 0 Å². The normalized spacial score (nSPS) is 13.9. The molecule has 4 nitrogen and oxygen atoms in total. The molecule has 1 rings (SSSR count). The van der Waals surface area contributed by atoms with Gasteiger partial charge in [-0.15, -0.1) is 0 Å². The lowest BCUT2D eigenvalue weighted by molar-refractivity contribution is 0.504. The van der Waals surface area contributed by atoms with E-state index in [0.717, 1.165) is 25.9 Å². The minimum Gasteiger partial charge on any atom is -0.344 e. The van der Waals surface area contributed by atoms with Crippen LogP contribution in [0.1, 0.15) is 64.2 Å². The van der Waals surface area contributed by atoms with Gasteiger partial charge >= 0.3 is 0 Å². The maximum Gasteiger partial charge on any atom is -0.00773 e. The lowest BCUT2D eigenvalue weighted by Crippen LogP contribution is -2.00. The zero-order valence-corrected chi connectivity index (χ0v) is 11.1. The maximum absolute atomic E-state index is 5.28. The van der Waals surface area contributed by atoms with E-state index in [-0.39, 0.29) is 12.3 Å². The fourth-order valence-electron chi connectivity index (χ4n) is 1.70. The molecule has 10 N–H and O–H groups in total. The van der Waals surface area contributed by atoms with Gasteiger partial charge in [-0.3, -0.25) is 0 Å². The van der Waals surface area contributed by atoms with Crippen LogP contribution in [0.2, 0.25) is 0 Å². The van der Waals surface area contributed by atoms with E-state index < -0.39 is 0 Å². The first-order valence-electron chi connectivity index (χ1n) is 6.32. The van der Waals surface area contributed by atoms with Gasteiger partial charge < -0.3 is 23.8 Å². The Morgan fingerprint density at radius 1 is 0.500 bits per heavy atom. The third-order valence-corrected chi connectivity index (χ3v) is 2.66. The molecule has 4 heteroatoms. The molecule has 16 heavy (non-hydrogen) atoms. The molecule has 0 aromatic heterocycles. The quantitative estimate of drug-likeness (QED) is 0.546. The Kier molecular flexibility index (Phi) is 26.8. The smallest absolute Gasteiger partial charge is 0.00773 e. The van der Waals surface area contributed by atoms with Gasteiger partial charge in [0.15, 0.2) is 0 Å². The van der Waals surface area contributed by atoms with Gasteiger partial charge in [0.1, 0.15) is 0 Å². The molecule has 1 aliphatic carbocycles. The summed E-state index contributed by atoms with van der Waals surface area (Å²) < 4.78 is 0. The van der Waals surface area contributed by atoms with Gasteiger partial charge in [-0.1, -0.05) is 51.4 Å². The van der Waals surface area contributed by atoms with Gasteiger partial charge in [0.2, 0.25) is 0 Å². The lowest BCUT2D eigenvalue weighted by atomic mass is 10.0. The lowest BCUT2D eigenvalue weighted by Gasteiger charge is -2.05. The summed E-state index contributed by atoms with van der Waals surface area (Å²) in [5, 5.41) is 0. The third-order valence-electron chi connectivity index (χ3n) is 2.66. The van der Waals surface area contributed by atoms with Crippen molar-refractivity contribution in [1.29, 1.82) is 0 Å². The summed E-state index contributed by atoms with van der Waals surface area (Å²) in [5.74, 6) is 0. The summed E-state index contributed by atoms with van der Waals surface area (Å²) in [6, 6.07) is 0. The highest BCUT2D eigenvalue weighted by Crippen LogP contribution is 2.15. The summed E-state index contributed by atoms with van der Waals surface area (Å²) >= 11 is 0. The van der Waals surface area contributed by atoms with E-state index in [2.05, 4.69) is 0 Å². The third kappa shape index (κ3) is 19.4. The van der Waals surface area contributed by atoms with Crippen molar-refractivity contribution in [3.63, 3.8) is 0 Å². The summed E-state index contributed by atoms with van der Waals surface area (Å²) in [4.78, 5) is 0. The predicted octanol–water partition coefficient (Wildman–Crippen LogP) is 3.13. The second-order valence-electron chi connectivity index (χ2n) is 4.11. The first-order chi connectivity index (χ1) is 6.91. The molecule has 0 aromatic rings. The molecule has 1 fully saturated rings. The molecule has 0 saturated heterocycles. The Bertz CT molecular complexity index is 77.5. The van der Waals surface area contributed by atoms with E-state index >= 15 is 0 Å². The van der Waals surface area contributed by atoms with Crippen molar-refractivity contribution in [3.8, 4) is 0 Å². The fraction of sp³-hybridized carbons (Fsp3) is 1.00. The van der Waals surface area contributed by atoms with Gasteiger partial charge in [-0.25, -0.2) is 0 Å². The minimum atomic E-state index is 0. The highest BCUT2D eigenvalue weighted by Gasteiger charge is 1.95. The van der Waals surface area contributed by atoms with Crippen molar-refractivity contribution in [2.75, 3.05) is 13.1 Å². The second kappa shape index (κ2) is 20.3. The molecule has 0 amide bonds. The van der Waals surface area contributed by atoms with Crippen LogP contribution >= 0.6 is 0 Å². The van der Waals surface area contributed by atoms with Crippen LogP contribution in [-0.4, -0.2) is 13.1 Å². The Balaban J connectivity index is -0.000000192. The van der Waals surface area contributed by atoms with Crippen molar-refractivity contribution in [1.82, 2.24) is 12.3 Å². The summed E-state index contributed by atoms with van der Waals surface area (Å²) in [5.41, 5.74) is 10.6. The average Bonchev–Trinajstić information content (AvgIpc) is 2.28. The van der Waals surface area contributed by atoms with Crippen molar-refractivity contribution < 1.29 is 0 Å². The molecule has 0 unspecified atom stereocenters. The highest BCUT2D eigenvalue weighted by atomic mass is 14.5. The van der Waals surface area contributed by atoms with Crippen molar-refractivity contribution in [3.05, 3.63) is 0 Å². The van der Waals surface area contributed by atoms with Crippen molar-refractivity contribution >= 4 is 0 Å². The zero-order valence-electron chi connectivity index (χ0n) is 11.1. The molecule has 0 aliphatic heterocycles. The van der Waals surface area contributed by atoms with Crippen LogP contribution in [0.3, 0.4) is 0 Å². The number of rotatable bonds is 5. The van der Waals surface area contributed by atoms with E-state index in [1.807, 2.05) is 0 Å². The first-order valence-corrected chi connectivity index (χ1v) is 6.32. The maximum atomic E-state index is 5.28. The number of hydrogen-bond acceptors (Lipinski definition) is 4. The van der Waals surface area contributed by atoms with E-state index in [1.54, 1.807) is 0 Å². The summed E-state index contributed by atoms with van der Waals surface area (Å²) in [6.45, 7) is 1.65. The predicted molar refractivity (Wildman–Crippen MR) is 74.3 cm³/mol. The van der Waals surface area contributed by atoms with Crippen LogP contribution in [0.15, 0.2) is 0 Å². The minimum absolute atomic E-state index is 0. The number of nitrogens with two attached hydrogens (primary N) is 2. The molecule has 1 saturated carbocycles. The molecule has 0 heterocycles. The summed E-state index contributed by atoms with van der Waals surface area (Å²) in [7, 11) is 0. The standard InChI is InChI=1S/C6H16N2.C6H12.2H3N/c7-5-3-1-2-4-6-8;1-2-4-6-5-3-1;;/h1-8H2;1-6H2;2*1H3. The van der Waals surface area contributed by atoms with Crippen molar-refractivity contribution in [2.45, 2.75) is 64.2 Å². The molecule has 102 valence electrons. The second-order valence-corrected chi connectivity index (χ2v) is 4.11. The molecule has 0 radical (unpaired) electrons. The monoisotopic (exact) mass is 234 g/mol. The molecule has 1 aliphatic rings. The number of hydrogen-bond donors (Lipinski definition) is 4. The number of unbranched alkanes of at least 4 members (excludes halogenated alkanes) is 3. The largest absolute Gasteiger partial charge is 0.344 e. The molecular formula is C12H34N4. The Morgan fingerprint density at radius 2 is 0.750 bits per heavy atom. The summed E-state index contributed by atoms with van der Waals surface area (Å²) in [6.07, 6.45) is 13.8. The first kappa shape index (κ1) is 21.2. The Hall–Kier alpha value is -0.160. The molecular weight excluding hydrogens is 200 g/mol. The van der Waals surface area contributed by atoms with Crippen LogP contribution in [0.25, 0.3) is 0 Å². The fourth-order valence-corrected chi connectivity index (χ4v) is 1.70. The van der Waals surface area contributed by atoms with Crippen LogP contribution < -0.4 is 23.8 Å². The van der Waals surface area contributed by atoms with Gasteiger partial charge in [-0.05, 0) is 25.9 Å². The van der Waals surface area contributed by atoms with E-state index in [9.17, 15) is 0 Å². The SMILES string of the molecule is C1CCCCC1.N.N.NCCCCCCN. The average molecular weight is 234 g/mol. The topological polar surface area (TPSA) is 122 Å². The van der Waals surface area contributed by atoms with Gasteiger partial charge in [0.25, 0.3) is 0 Å². The van der Waals surface area contributed by atoms with Crippen LogP contribution in [0, 0.1) is 0 Å². The van der Waals surface area contributed by atoms with Gasteiger partial charge in [0, 0.05) is 0 Å². The molecule has 0 spiro atoms. The van der Waals surface area contributed by atoms with E-state index in [1.165, 1.54) is 51.4 Å². The van der Waals surface area contributed by atoms with Gasteiger partial charge in [0.05, 0.1) is 0 Å². The zero-order chi connectivity index (χ0) is 10.5. The molecule has 0 atom stereocenters. The molecule has 0 aromatic carbocycles. The Labute approximate surface area is 102 Å². The van der Waals surface area contributed by atoms with Crippen LogP contribution in [0.4, 0.5) is 0 Å². The van der Waals surface area contributed by atoms with Crippen LogP contribution in [-0.2, 0) is 0 Å². The van der Waals surface area contributed by atoms with Crippen molar-refractivity contribution in [2.24, 2.45) is 11.5 Å². The molecule has 0 bridgehead atoms. The van der Waals surface area contributed by atoms with E-state index in [0.29, 0.717) is 0 Å². The Morgan fingerprint density at radius 3 is 0.938 bits per heavy atom. The highest BCUT2D eigenvalue weighted by molar-refractivity contribution is 4.51. The van der Waals surface area contributed by atoms with E-state index in [4.69, 9.17) is 11.5 Å². The van der Waals surface area contributed by atoms with Crippen LogP contribution in [0.5, 0.6) is 0 Å².